The smallest absolute Gasteiger partial charge is 0.154 e. The van der Waals surface area contributed by atoms with Crippen LogP contribution in [0, 0.1) is 26.6 Å². The van der Waals surface area contributed by atoms with E-state index in [1.807, 2.05) is 20.8 Å². The number of aryl methyl sites for hydroxylation is 1. The van der Waals surface area contributed by atoms with E-state index in [1.165, 1.54) is 12.1 Å². The van der Waals surface area contributed by atoms with Crippen LogP contribution in [0.25, 0.3) is 11.3 Å². The van der Waals surface area contributed by atoms with Crippen LogP contribution in [0.1, 0.15) is 16.7 Å². The van der Waals surface area contributed by atoms with Gasteiger partial charge in [-0.15, -0.1) is 10.2 Å². The second-order valence-electron chi connectivity index (χ2n) is 4.05. The van der Waals surface area contributed by atoms with Crippen LogP contribution in [0.5, 0.6) is 0 Å². The van der Waals surface area contributed by atoms with Crippen LogP contribution in [-0.4, -0.2) is 10.2 Å². The predicted molar refractivity (Wildman–Crippen MR) is 66.6 cm³/mol. The lowest BCUT2D eigenvalue weighted by Gasteiger charge is -2.10. The molecule has 1 heterocycles. The highest BCUT2D eigenvalue weighted by atomic mass is 35.5. The fourth-order valence-corrected chi connectivity index (χ4v) is 1.90. The Bertz CT molecular complexity index is 582. The van der Waals surface area contributed by atoms with Gasteiger partial charge in [-0.05, 0) is 55.7 Å². The van der Waals surface area contributed by atoms with Gasteiger partial charge in [0.25, 0.3) is 0 Å². The number of rotatable bonds is 1. The topological polar surface area (TPSA) is 25.8 Å². The van der Waals surface area contributed by atoms with Crippen molar-refractivity contribution in [2.45, 2.75) is 20.8 Å². The molecule has 0 saturated carbocycles. The van der Waals surface area contributed by atoms with Gasteiger partial charge in [-0.2, -0.15) is 0 Å². The van der Waals surface area contributed by atoms with Gasteiger partial charge < -0.3 is 0 Å². The summed E-state index contributed by atoms with van der Waals surface area (Å²) in [4.78, 5) is 0. The SMILES string of the molecule is Cc1cc(F)ccc1-c1nnc(Cl)c(C)c1C. The molecule has 0 aliphatic rings. The van der Waals surface area contributed by atoms with Crippen molar-refractivity contribution in [3.05, 3.63) is 45.9 Å². The van der Waals surface area contributed by atoms with E-state index in [2.05, 4.69) is 10.2 Å². The zero-order valence-corrected chi connectivity index (χ0v) is 10.6. The predicted octanol–water partition coefficient (Wildman–Crippen LogP) is 3.86. The molecule has 0 aliphatic carbocycles. The minimum atomic E-state index is -0.248. The monoisotopic (exact) mass is 250 g/mol. The van der Waals surface area contributed by atoms with Crippen LogP contribution < -0.4 is 0 Å². The van der Waals surface area contributed by atoms with Crippen molar-refractivity contribution in [3.63, 3.8) is 0 Å². The molecular formula is C13H12ClFN2. The van der Waals surface area contributed by atoms with E-state index >= 15 is 0 Å². The largest absolute Gasteiger partial charge is 0.207 e. The van der Waals surface area contributed by atoms with Crippen LogP contribution in [0.3, 0.4) is 0 Å². The fourth-order valence-electron chi connectivity index (χ4n) is 1.72. The van der Waals surface area contributed by atoms with Crippen molar-refractivity contribution in [2.24, 2.45) is 0 Å². The van der Waals surface area contributed by atoms with E-state index < -0.39 is 0 Å². The van der Waals surface area contributed by atoms with Gasteiger partial charge in [0.1, 0.15) is 5.82 Å². The normalized spacial score (nSPS) is 10.6. The molecule has 0 spiro atoms. The lowest BCUT2D eigenvalue weighted by atomic mass is 10.0. The molecule has 0 unspecified atom stereocenters. The van der Waals surface area contributed by atoms with Crippen LogP contribution in [0.4, 0.5) is 4.39 Å². The van der Waals surface area contributed by atoms with Crippen molar-refractivity contribution in [2.75, 3.05) is 0 Å². The van der Waals surface area contributed by atoms with E-state index in [-0.39, 0.29) is 5.82 Å². The van der Waals surface area contributed by atoms with Gasteiger partial charge >= 0.3 is 0 Å². The van der Waals surface area contributed by atoms with Gasteiger partial charge in [0.15, 0.2) is 5.15 Å². The Morgan fingerprint density at radius 3 is 2.41 bits per heavy atom. The summed E-state index contributed by atoms with van der Waals surface area (Å²) >= 11 is 5.90. The molecule has 2 nitrogen and oxygen atoms in total. The minimum absolute atomic E-state index is 0.248. The second kappa shape index (κ2) is 4.41. The third-order valence-electron chi connectivity index (χ3n) is 2.91. The lowest BCUT2D eigenvalue weighted by molar-refractivity contribution is 0.627. The number of aromatic nitrogens is 2. The van der Waals surface area contributed by atoms with Crippen molar-refractivity contribution >= 4 is 11.6 Å². The van der Waals surface area contributed by atoms with Gasteiger partial charge in [0.05, 0.1) is 5.69 Å². The average molecular weight is 251 g/mol. The molecule has 2 rings (SSSR count). The highest BCUT2D eigenvalue weighted by molar-refractivity contribution is 6.30. The van der Waals surface area contributed by atoms with Crippen molar-refractivity contribution < 1.29 is 4.39 Å². The summed E-state index contributed by atoms with van der Waals surface area (Å²) in [5.74, 6) is -0.248. The molecule has 0 atom stereocenters. The summed E-state index contributed by atoms with van der Waals surface area (Å²) in [5.41, 5.74) is 4.35. The van der Waals surface area contributed by atoms with Crippen LogP contribution in [-0.2, 0) is 0 Å². The molecular weight excluding hydrogens is 239 g/mol. The molecule has 0 bridgehead atoms. The second-order valence-corrected chi connectivity index (χ2v) is 4.41. The van der Waals surface area contributed by atoms with Crippen molar-refractivity contribution in [3.8, 4) is 11.3 Å². The molecule has 0 aliphatic heterocycles. The molecule has 0 N–H and O–H groups in total. The summed E-state index contributed by atoms with van der Waals surface area (Å²) in [6.45, 7) is 5.69. The molecule has 2 aromatic rings. The molecule has 88 valence electrons. The number of hydrogen-bond acceptors (Lipinski definition) is 2. The summed E-state index contributed by atoms with van der Waals surface area (Å²) in [6, 6.07) is 4.63. The van der Waals surface area contributed by atoms with Gasteiger partial charge in [0, 0.05) is 5.56 Å². The number of benzene rings is 1. The molecule has 1 aromatic carbocycles. The fraction of sp³-hybridized carbons (Fsp3) is 0.231. The van der Waals surface area contributed by atoms with E-state index in [0.717, 1.165) is 27.9 Å². The Balaban J connectivity index is 2.65. The van der Waals surface area contributed by atoms with Crippen molar-refractivity contribution in [1.82, 2.24) is 10.2 Å². The molecule has 17 heavy (non-hydrogen) atoms. The first-order valence-corrected chi connectivity index (χ1v) is 5.64. The third kappa shape index (κ3) is 2.15. The summed E-state index contributed by atoms with van der Waals surface area (Å²) in [5, 5.41) is 8.40. The third-order valence-corrected chi connectivity index (χ3v) is 3.27. The molecule has 0 amide bonds. The average Bonchev–Trinajstić information content (AvgIpc) is 2.28. The Hall–Kier alpha value is -1.48. The molecule has 0 radical (unpaired) electrons. The zero-order valence-electron chi connectivity index (χ0n) is 9.88. The Labute approximate surface area is 104 Å². The molecule has 4 heteroatoms. The van der Waals surface area contributed by atoms with Gasteiger partial charge in [-0.3, -0.25) is 0 Å². The highest BCUT2D eigenvalue weighted by Gasteiger charge is 2.12. The maximum absolute atomic E-state index is 13.1. The Morgan fingerprint density at radius 1 is 1.06 bits per heavy atom. The summed E-state index contributed by atoms with van der Waals surface area (Å²) in [6.07, 6.45) is 0. The van der Waals surface area contributed by atoms with Gasteiger partial charge in [-0.25, -0.2) is 4.39 Å². The van der Waals surface area contributed by atoms with E-state index in [0.29, 0.717) is 5.15 Å². The molecule has 0 saturated heterocycles. The van der Waals surface area contributed by atoms with Gasteiger partial charge in [-0.1, -0.05) is 11.6 Å². The maximum Gasteiger partial charge on any atom is 0.154 e. The minimum Gasteiger partial charge on any atom is -0.207 e. The first-order chi connectivity index (χ1) is 8.00. The molecule has 0 fully saturated rings. The lowest BCUT2D eigenvalue weighted by Crippen LogP contribution is -1.98. The summed E-state index contributed by atoms with van der Waals surface area (Å²) < 4.78 is 13.1. The number of hydrogen-bond donors (Lipinski definition) is 0. The summed E-state index contributed by atoms with van der Waals surface area (Å²) in [7, 11) is 0. The zero-order chi connectivity index (χ0) is 12.6. The van der Waals surface area contributed by atoms with Crippen LogP contribution in [0.15, 0.2) is 18.2 Å². The van der Waals surface area contributed by atoms with E-state index in [9.17, 15) is 4.39 Å². The number of halogens is 2. The Morgan fingerprint density at radius 2 is 1.76 bits per heavy atom. The van der Waals surface area contributed by atoms with E-state index in [1.54, 1.807) is 6.07 Å². The molecule has 1 aromatic heterocycles. The van der Waals surface area contributed by atoms with Crippen LogP contribution in [0.2, 0.25) is 5.15 Å². The highest BCUT2D eigenvalue weighted by Crippen LogP contribution is 2.28. The van der Waals surface area contributed by atoms with Gasteiger partial charge in [0.2, 0.25) is 0 Å². The van der Waals surface area contributed by atoms with E-state index in [4.69, 9.17) is 11.6 Å². The first kappa shape index (κ1) is 12.0. The maximum atomic E-state index is 13.1. The standard InChI is InChI=1S/C13H12ClFN2/c1-7-6-10(15)4-5-11(7)12-8(2)9(3)13(14)17-16-12/h4-6H,1-3H3. The van der Waals surface area contributed by atoms with Crippen LogP contribution >= 0.6 is 11.6 Å². The quantitative estimate of drug-likeness (QED) is 0.768. The Kier molecular flexibility index (Phi) is 3.11. The first-order valence-electron chi connectivity index (χ1n) is 5.26. The van der Waals surface area contributed by atoms with Crippen molar-refractivity contribution in [1.29, 1.82) is 0 Å². The number of nitrogens with zero attached hydrogens (tertiary/aromatic N) is 2.